The molecule has 2 aromatic rings. The van der Waals surface area contributed by atoms with E-state index in [-0.39, 0.29) is 17.9 Å². The molecule has 1 aliphatic heterocycles. The van der Waals surface area contributed by atoms with E-state index in [0.29, 0.717) is 25.9 Å². The zero-order valence-electron chi connectivity index (χ0n) is 15.9. The van der Waals surface area contributed by atoms with E-state index >= 15 is 0 Å². The second kappa shape index (κ2) is 7.87. The van der Waals surface area contributed by atoms with Crippen LogP contribution in [0.15, 0.2) is 48.5 Å². The molecule has 1 N–H and O–H groups in total. The van der Waals surface area contributed by atoms with Crippen molar-refractivity contribution >= 4 is 23.2 Å². The van der Waals surface area contributed by atoms with Crippen LogP contribution in [0, 0.1) is 0 Å². The fraction of sp³-hybridized carbons (Fsp3) is 0.409. The van der Waals surface area contributed by atoms with Crippen molar-refractivity contribution in [1.29, 1.82) is 0 Å². The molecule has 2 heterocycles. The van der Waals surface area contributed by atoms with Crippen LogP contribution in [-0.2, 0) is 27.8 Å². The van der Waals surface area contributed by atoms with Crippen LogP contribution in [-0.4, -0.2) is 40.8 Å². The smallest absolute Gasteiger partial charge is 0.245 e. The summed E-state index contributed by atoms with van der Waals surface area (Å²) in [5.41, 5.74) is 3.52. The van der Waals surface area contributed by atoms with E-state index in [4.69, 9.17) is 0 Å². The summed E-state index contributed by atoms with van der Waals surface area (Å²) >= 11 is 1.68. The van der Waals surface area contributed by atoms with Crippen LogP contribution in [0.5, 0.6) is 0 Å². The summed E-state index contributed by atoms with van der Waals surface area (Å²) in [7, 11) is 0. The van der Waals surface area contributed by atoms with Crippen LogP contribution in [0.2, 0.25) is 0 Å². The fourth-order valence-electron chi connectivity index (χ4n) is 4.39. The third-order valence-electron chi connectivity index (χ3n) is 6.09. The molecule has 0 saturated carbocycles. The second-order valence-electron chi connectivity index (χ2n) is 7.61. The van der Waals surface area contributed by atoms with Gasteiger partial charge in [-0.3, -0.25) is 9.59 Å². The molecule has 1 aliphatic carbocycles. The molecule has 5 nitrogen and oxygen atoms in total. The average Bonchev–Trinajstić information content (AvgIpc) is 3.21. The van der Waals surface area contributed by atoms with Gasteiger partial charge in [-0.25, -0.2) is 4.98 Å². The van der Waals surface area contributed by atoms with Crippen LogP contribution in [0.3, 0.4) is 0 Å². The highest BCUT2D eigenvalue weighted by Crippen LogP contribution is 2.36. The van der Waals surface area contributed by atoms with Gasteiger partial charge in [0.15, 0.2) is 0 Å². The molecule has 1 atom stereocenters. The highest BCUT2D eigenvalue weighted by atomic mass is 32.1. The van der Waals surface area contributed by atoms with Crippen molar-refractivity contribution in [2.45, 2.75) is 43.6 Å². The lowest BCUT2D eigenvalue weighted by Crippen LogP contribution is -2.55. The van der Waals surface area contributed by atoms with Gasteiger partial charge in [0.05, 0.1) is 16.6 Å². The van der Waals surface area contributed by atoms with E-state index in [2.05, 4.69) is 16.9 Å². The Balaban J connectivity index is 1.54. The summed E-state index contributed by atoms with van der Waals surface area (Å²) in [5, 5.41) is 3.33. The topological polar surface area (TPSA) is 62.3 Å². The Hall–Kier alpha value is -2.47. The highest BCUT2D eigenvalue weighted by molar-refractivity contribution is 7.09. The molecular weight excluding hydrogens is 370 g/mol. The summed E-state index contributed by atoms with van der Waals surface area (Å²) in [6, 6.07) is 10.2. The zero-order valence-corrected chi connectivity index (χ0v) is 16.7. The summed E-state index contributed by atoms with van der Waals surface area (Å²) in [4.78, 5) is 33.0. The minimum absolute atomic E-state index is 0.0629. The number of hydrogen-bond donors (Lipinski definition) is 1. The third kappa shape index (κ3) is 3.49. The summed E-state index contributed by atoms with van der Waals surface area (Å²) in [6.45, 7) is 4.71. The maximum absolute atomic E-state index is 13.5. The first-order chi connectivity index (χ1) is 13.6. The molecular formula is C22H25N3O2S. The number of aryl methyl sites for hydroxylation is 1. The number of amides is 2. The lowest BCUT2D eigenvalue weighted by molar-refractivity contribution is -0.134. The molecule has 0 unspecified atom stereocenters. The number of carbonyl (C=O) groups is 2. The monoisotopic (exact) mass is 395 g/mol. The summed E-state index contributed by atoms with van der Waals surface area (Å²) in [6.07, 6.45) is 5.31. The van der Waals surface area contributed by atoms with Gasteiger partial charge in [0.2, 0.25) is 11.8 Å². The fourth-order valence-corrected chi connectivity index (χ4v) is 5.28. The van der Waals surface area contributed by atoms with Crippen LogP contribution >= 0.6 is 11.3 Å². The number of nitrogens with zero attached hydrogens (tertiary/aromatic N) is 2. The number of thiazole rings is 1. The van der Waals surface area contributed by atoms with Gasteiger partial charge in [-0.2, -0.15) is 0 Å². The Morgan fingerprint density at radius 2 is 2.00 bits per heavy atom. The summed E-state index contributed by atoms with van der Waals surface area (Å²) < 4.78 is 0. The quantitative estimate of drug-likeness (QED) is 0.810. The van der Waals surface area contributed by atoms with Crippen molar-refractivity contribution in [2.75, 3.05) is 13.1 Å². The molecule has 2 amide bonds. The largest absolute Gasteiger partial charge is 0.352 e. The molecule has 0 bridgehead atoms. The molecule has 0 spiro atoms. The lowest BCUT2D eigenvalue weighted by atomic mass is 9.71. The van der Waals surface area contributed by atoms with E-state index in [9.17, 15) is 9.59 Å². The number of aromatic nitrogens is 1. The Bertz CT molecular complexity index is 869. The van der Waals surface area contributed by atoms with Crippen LogP contribution in [0.1, 0.15) is 35.4 Å². The number of carbonyl (C=O) groups excluding carboxylic acids is 2. The number of benzene rings is 1. The molecule has 1 aromatic heterocycles. The Kier molecular flexibility index (Phi) is 5.31. The third-order valence-corrected chi connectivity index (χ3v) is 6.98. The Labute approximate surface area is 169 Å². The number of rotatable bonds is 4. The van der Waals surface area contributed by atoms with Gasteiger partial charge in [0.25, 0.3) is 0 Å². The van der Waals surface area contributed by atoms with Gasteiger partial charge >= 0.3 is 0 Å². The maximum atomic E-state index is 13.5. The molecule has 146 valence electrons. The molecule has 4 rings (SSSR count). The number of nitrogens with one attached hydrogen (secondary N) is 1. The van der Waals surface area contributed by atoms with E-state index in [1.165, 1.54) is 16.6 Å². The summed E-state index contributed by atoms with van der Waals surface area (Å²) in [5.74, 6) is 0.0226. The van der Waals surface area contributed by atoms with E-state index in [1.54, 1.807) is 16.2 Å². The van der Waals surface area contributed by atoms with Crippen molar-refractivity contribution in [3.05, 3.63) is 64.6 Å². The first kappa shape index (κ1) is 18.9. The molecule has 1 aromatic carbocycles. The molecule has 0 radical (unpaired) electrons. The molecule has 1 saturated heterocycles. The molecule has 6 heteroatoms. The second-order valence-corrected chi connectivity index (χ2v) is 8.55. The van der Waals surface area contributed by atoms with Crippen LogP contribution < -0.4 is 5.32 Å². The van der Waals surface area contributed by atoms with Crippen LogP contribution in [0.25, 0.3) is 0 Å². The average molecular weight is 396 g/mol. The van der Waals surface area contributed by atoms with Crippen molar-refractivity contribution in [1.82, 2.24) is 15.2 Å². The van der Waals surface area contributed by atoms with Gasteiger partial charge in [0, 0.05) is 30.4 Å². The number of likely N-dealkylation sites (tertiary alicyclic amines) is 1. The van der Waals surface area contributed by atoms with E-state index in [1.807, 2.05) is 35.8 Å². The lowest BCUT2D eigenvalue weighted by Gasteiger charge is -2.41. The van der Waals surface area contributed by atoms with Gasteiger partial charge in [0.1, 0.15) is 0 Å². The number of fused-ring (bicyclic) bond motifs is 1. The number of hydrogen-bond acceptors (Lipinski definition) is 4. The SMILES string of the molecule is C=CC(=O)N1CCC(C(=O)N[C@H]2CCc3ncsc3C2)(c2ccccc2)CC1. The molecule has 28 heavy (non-hydrogen) atoms. The van der Waals surface area contributed by atoms with Gasteiger partial charge < -0.3 is 10.2 Å². The molecule has 1 fully saturated rings. The predicted molar refractivity (Wildman–Crippen MR) is 110 cm³/mol. The zero-order chi connectivity index (χ0) is 19.6. The van der Waals surface area contributed by atoms with E-state index in [0.717, 1.165) is 24.8 Å². The normalized spacial score (nSPS) is 20.9. The Morgan fingerprint density at radius 3 is 2.71 bits per heavy atom. The van der Waals surface area contributed by atoms with Gasteiger partial charge in [-0.15, -0.1) is 11.3 Å². The van der Waals surface area contributed by atoms with Crippen molar-refractivity contribution in [3.63, 3.8) is 0 Å². The maximum Gasteiger partial charge on any atom is 0.245 e. The highest BCUT2D eigenvalue weighted by Gasteiger charge is 2.44. The van der Waals surface area contributed by atoms with Crippen molar-refractivity contribution < 1.29 is 9.59 Å². The first-order valence-corrected chi connectivity index (χ1v) is 10.7. The minimum Gasteiger partial charge on any atom is -0.352 e. The van der Waals surface area contributed by atoms with Crippen LogP contribution in [0.4, 0.5) is 0 Å². The van der Waals surface area contributed by atoms with Gasteiger partial charge in [-0.05, 0) is 37.3 Å². The standard InChI is InChI=1S/C22H25N3O2S/c1-2-20(26)25-12-10-22(11-13-25,16-6-4-3-5-7-16)21(27)24-17-8-9-18-19(14-17)28-15-23-18/h2-7,15,17H,1,8-14H2,(H,24,27)/t17-/m0/s1. The number of piperidine rings is 1. The molecule has 2 aliphatic rings. The van der Waals surface area contributed by atoms with Crippen molar-refractivity contribution in [3.8, 4) is 0 Å². The van der Waals surface area contributed by atoms with Crippen molar-refractivity contribution in [2.24, 2.45) is 0 Å². The minimum atomic E-state index is -0.590. The first-order valence-electron chi connectivity index (χ1n) is 9.81. The Morgan fingerprint density at radius 1 is 1.25 bits per heavy atom. The predicted octanol–water partition coefficient (Wildman–Crippen LogP) is 2.86. The van der Waals surface area contributed by atoms with E-state index < -0.39 is 5.41 Å². The van der Waals surface area contributed by atoms with Gasteiger partial charge in [-0.1, -0.05) is 36.9 Å².